The molecule has 0 saturated carbocycles. The Balaban J connectivity index is 1.92. The maximum absolute atomic E-state index is 11.4. The first-order chi connectivity index (χ1) is 14.0. The number of hydrogen-bond donors (Lipinski definition) is 1. The van der Waals surface area contributed by atoms with Gasteiger partial charge in [-0.05, 0) is 65.2 Å². The molecule has 3 aromatic carbocycles. The molecule has 0 aromatic heterocycles. The Morgan fingerprint density at radius 2 is 1.41 bits per heavy atom. The van der Waals surface area contributed by atoms with Crippen molar-refractivity contribution in [3.63, 3.8) is 0 Å². The van der Waals surface area contributed by atoms with Crippen LogP contribution < -0.4 is 9.47 Å². The van der Waals surface area contributed by atoms with Gasteiger partial charge in [-0.1, -0.05) is 41.6 Å². The molecule has 0 aliphatic rings. The molecule has 0 aliphatic carbocycles. The lowest BCUT2D eigenvalue weighted by atomic mass is 9.97. The van der Waals surface area contributed by atoms with Crippen LogP contribution in [0.25, 0.3) is 5.57 Å². The summed E-state index contributed by atoms with van der Waals surface area (Å²) in [5.41, 5.74) is 2.10. The van der Waals surface area contributed by atoms with E-state index in [4.69, 9.17) is 21.1 Å². The van der Waals surface area contributed by atoms with Crippen molar-refractivity contribution in [3.05, 3.63) is 89.0 Å². The van der Waals surface area contributed by atoms with E-state index in [2.05, 4.69) is 0 Å². The van der Waals surface area contributed by atoms with Crippen molar-refractivity contribution in [1.82, 2.24) is 0 Å². The summed E-state index contributed by atoms with van der Waals surface area (Å²) in [5.74, 6) is 0.103. The minimum atomic E-state index is -1.02. The number of hydrogen-bond acceptors (Lipinski definition) is 4. The Hall–Kier alpha value is -2.89. The lowest BCUT2D eigenvalue weighted by Crippen LogP contribution is -1.97. The number of methoxy groups -OCH3 is 2. The molecule has 0 heterocycles. The number of rotatable bonds is 7. The maximum atomic E-state index is 11.4. The third-order valence-electron chi connectivity index (χ3n) is 4.18. The topological polar surface area (TPSA) is 55.8 Å². The number of benzene rings is 3. The van der Waals surface area contributed by atoms with Crippen LogP contribution >= 0.6 is 23.4 Å². The van der Waals surface area contributed by atoms with Crippen LogP contribution in [0.1, 0.15) is 11.1 Å². The zero-order valence-electron chi connectivity index (χ0n) is 15.9. The monoisotopic (exact) mass is 426 g/mol. The van der Waals surface area contributed by atoms with Crippen molar-refractivity contribution in [1.29, 1.82) is 0 Å². The molecule has 6 heteroatoms. The number of halogens is 1. The van der Waals surface area contributed by atoms with Crippen molar-refractivity contribution in [2.45, 2.75) is 9.79 Å². The highest BCUT2D eigenvalue weighted by atomic mass is 35.5. The Kier molecular flexibility index (Phi) is 6.86. The minimum Gasteiger partial charge on any atom is -0.493 e. The molecular weight excluding hydrogens is 408 g/mol. The van der Waals surface area contributed by atoms with E-state index in [1.165, 1.54) is 6.08 Å². The van der Waals surface area contributed by atoms with Crippen LogP contribution in [0.3, 0.4) is 0 Å². The SMILES string of the molecule is COc1ccc(C(=CC(=O)O)c2ccc(Sc3ccc(Cl)cc3)cc2)cc1OC. The molecule has 3 aromatic rings. The normalized spacial score (nSPS) is 11.2. The van der Waals surface area contributed by atoms with Crippen molar-refractivity contribution in [3.8, 4) is 11.5 Å². The highest BCUT2D eigenvalue weighted by molar-refractivity contribution is 7.99. The second-order valence-electron chi connectivity index (χ2n) is 6.05. The van der Waals surface area contributed by atoms with E-state index in [0.717, 1.165) is 20.9 Å². The number of carbonyl (C=O) groups is 1. The summed E-state index contributed by atoms with van der Waals surface area (Å²) in [4.78, 5) is 13.5. The van der Waals surface area contributed by atoms with Gasteiger partial charge in [-0.15, -0.1) is 0 Å². The van der Waals surface area contributed by atoms with Crippen molar-refractivity contribution in [2.75, 3.05) is 14.2 Å². The first kappa shape index (κ1) is 20.8. The fraction of sp³-hybridized carbons (Fsp3) is 0.0870. The van der Waals surface area contributed by atoms with E-state index < -0.39 is 5.97 Å². The van der Waals surface area contributed by atoms with Gasteiger partial charge in [0.1, 0.15) is 0 Å². The molecule has 0 fully saturated rings. The lowest BCUT2D eigenvalue weighted by molar-refractivity contribution is -0.131. The highest BCUT2D eigenvalue weighted by Crippen LogP contribution is 2.34. The molecule has 0 spiro atoms. The van der Waals surface area contributed by atoms with Crippen LogP contribution in [0, 0.1) is 0 Å². The summed E-state index contributed by atoms with van der Waals surface area (Å²) in [6.07, 6.45) is 1.20. The van der Waals surface area contributed by atoms with Gasteiger partial charge < -0.3 is 14.6 Å². The van der Waals surface area contributed by atoms with E-state index in [9.17, 15) is 9.90 Å². The van der Waals surface area contributed by atoms with Crippen LogP contribution in [-0.4, -0.2) is 25.3 Å². The molecule has 0 unspecified atom stereocenters. The van der Waals surface area contributed by atoms with Crippen LogP contribution in [0.5, 0.6) is 11.5 Å². The molecule has 148 valence electrons. The van der Waals surface area contributed by atoms with E-state index in [1.807, 2.05) is 54.6 Å². The third kappa shape index (κ3) is 5.34. The van der Waals surface area contributed by atoms with Crippen LogP contribution in [0.4, 0.5) is 0 Å². The molecular formula is C23H19ClO4S. The number of aliphatic carboxylic acids is 1. The molecule has 29 heavy (non-hydrogen) atoms. The van der Waals surface area contributed by atoms with Crippen molar-refractivity contribution < 1.29 is 19.4 Å². The quantitative estimate of drug-likeness (QED) is 0.468. The summed E-state index contributed by atoms with van der Waals surface area (Å²) in [6, 6.07) is 20.7. The van der Waals surface area contributed by atoms with Gasteiger partial charge in [0.05, 0.1) is 14.2 Å². The van der Waals surface area contributed by atoms with Gasteiger partial charge in [0, 0.05) is 20.9 Å². The third-order valence-corrected chi connectivity index (χ3v) is 5.44. The van der Waals surface area contributed by atoms with Gasteiger partial charge in [-0.25, -0.2) is 4.79 Å². The smallest absolute Gasteiger partial charge is 0.328 e. The zero-order chi connectivity index (χ0) is 20.8. The molecule has 0 radical (unpaired) electrons. The molecule has 0 bridgehead atoms. The zero-order valence-corrected chi connectivity index (χ0v) is 17.5. The number of ether oxygens (including phenoxy) is 2. The summed E-state index contributed by atoms with van der Waals surface area (Å²) >= 11 is 7.54. The standard InChI is InChI=1S/C23H19ClO4S/c1-27-21-12-5-16(13-22(21)28-2)20(14-23(25)26)15-3-8-18(9-4-15)29-19-10-6-17(24)7-11-19/h3-14H,1-2H3,(H,25,26). The van der Waals surface area contributed by atoms with Gasteiger partial charge in [0.25, 0.3) is 0 Å². The molecule has 0 atom stereocenters. The van der Waals surface area contributed by atoms with Gasteiger partial charge in [0.15, 0.2) is 11.5 Å². The Labute approximate surface area is 178 Å². The van der Waals surface area contributed by atoms with E-state index in [1.54, 1.807) is 38.1 Å². The van der Waals surface area contributed by atoms with E-state index >= 15 is 0 Å². The maximum Gasteiger partial charge on any atom is 0.328 e. The summed E-state index contributed by atoms with van der Waals surface area (Å²) in [6.45, 7) is 0. The molecule has 4 nitrogen and oxygen atoms in total. The largest absolute Gasteiger partial charge is 0.493 e. The fourth-order valence-corrected chi connectivity index (χ4v) is 3.74. The average Bonchev–Trinajstić information content (AvgIpc) is 2.73. The molecule has 0 saturated heterocycles. The summed E-state index contributed by atoms with van der Waals surface area (Å²) in [5, 5.41) is 10.1. The predicted octanol–water partition coefficient (Wildman–Crippen LogP) is 6.02. The average molecular weight is 427 g/mol. The lowest BCUT2D eigenvalue weighted by Gasteiger charge is -2.13. The van der Waals surface area contributed by atoms with Crippen LogP contribution in [0.2, 0.25) is 5.02 Å². The first-order valence-corrected chi connectivity index (χ1v) is 9.90. The summed E-state index contributed by atoms with van der Waals surface area (Å²) < 4.78 is 10.6. The molecule has 0 aliphatic heterocycles. The van der Waals surface area contributed by atoms with E-state index in [-0.39, 0.29) is 0 Å². The molecule has 0 amide bonds. The van der Waals surface area contributed by atoms with Gasteiger partial charge >= 0.3 is 5.97 Å². The van der Waals surface area contributed by atoms with Gasteiger partial charge in [-0.2, -0.15) is 0 Å². The van der Waals surface area contributed by atoms with Crippen LogP contribution in [-0.2, 0) is 4.79 Å². The Bertz CT molecular complexity index is 1030. The van der Waals surface area contributed by atoms with E-state index in [0.29, 0.717) is 22.1 Å². The van der Waals surface area contributed by atoms with Crippen molar-refractivity contribution in [2.24, 2.45) is 0 Å². The Morgan fingerprint density at radius 1 is 0.862 bits per heavy atom. The number of carboxylic acids is 1. The Morgan fingerprint density at radius 3 is 1.97 bits per heavy atom. The fourth-order valence-electron chi connectivity index (χ4n) is 2.80. The molecule has 3 rings (SSSR count). The highest BCUT2D eigenvalue weighted by Gasteiger charge is 2.12. The summed E-state index contributed by atoms with van der Waals surface area (Å²) in [7, 11) is 3.10. The van der Waals surface area contributed by atoms with Crippen LogP contribution in [0.15, 0.2) is 82.6 Å². The second-order valence-corrected chi connectivity index (χ2v) is 7.63. The van der Waals surface area contributed by atoms with Crippen molar-refractivity contribution >= 4 is 34.9 Å². The minimum absolute atomic E-state index is 0.538. The number of carboxylic acid groups (broad SMARTS) is 1. The predicted molar refractivity (Wildman–Crippen MR) is 116 cm³/mol. The van der Waals surface area contributed by atoms with Gasteiger partial charge in [0.2, 0.25) is 0 Å². The second kappa shape index (κ2) is 9.54. The van der Waals surface area contributed by atoms with Gasteiger partial charge in [-0.3, -0.25) is 0 Å². The first-order valence-electron chi connectivity index (χ1n) is 8.71. The molecule has 1 N–H and O–H groups in total.